The number of hydrogen-bond donors (Lipinski definition) is 1. The summed E-state index contributed by atoms with van der Waals surface area (Å²) in [6, 6.07) is 10.5. The third-order valence-corrected chi connectivity index (χ3v) is 3.47. The summed E-state index contributed by atoms with van der Waals surface area (Å²) in [6.07, 6.45) is 0. The van der Waals surface area contributed by atoms with Crippen molar-refractivity contribution >= 4 is 0 Å². The Labute approximate surface area is 113 Å². The highest BCUT2D eigenvalue weighted by molar-refractivity contribution is 5.14. The molecular weight excluding hydrogens is 224 g/mol. The van der Waals surface area contributed by atoms with Gasteiger partial charge in [-0.15, -0.1) is 0 Å². The van der Waals surface area contributed by atoms with Crippen molar-refractivity contribution < 1.29 is 7.85 Å². The second-order valence-electron chi connectivity index (χ2n) is 5.09. The fourth-order valence-electron chi connectivity index (χ4n) is 2.40. The molecule has 1 atom stereocenters. The number of hydrogen-bond acceptors (Lipinski definition) is 3. The van der Waals surface area contributed by atoms with E-state index in [0.29, 0.717) is 6.54 Å². The molecule has 0 spiro atoms. The minimum Gasteiger partial charge on any atom is -0.396 e. The SMILES string of the molecule is [2H]C([2H])(O)[C@H](C)CN1CCN(Cc2ccccc2)CC1. The van der Waals surface area contributed by atoms with E-state index < -0.39 is 6.56 Å². The molecule has 2 rings (SSSR count). The number of aliphatic hydroxyl groups is 1. The van der Waals surface area contributed by atoms with E-state index >= 15 is 0 Å². The Morgan fingerprint density at radius 3 is 2.39 bits per heavy atom. The van der Waals surface area contributed by atoms with Crippen molar-refractivity contribution in [3.63, 3.8) is 0 Å². The van der Waals surface area contributed by atoms with Crippen LogP contribution in [0.3, 0.4) is 0 Å². The molecule has 3 nitrogen and oxygen atoms in total. The average molecular weight is 250 g/mol. The smallest absolute Gasteiger partial charge is 0.0567 e. The minimum absolute atomic E-state index is 0.358. The standard InChI is InChI=1S/C15H24N2O/c1-14(13-18)11-16-7-9-17(10-8-16)12-15-5-3-2-4-6-15/h2-6,14,18H,7-13H2,1H3/t14-/m1/s1/i13D2. The van der Waals surface area contributed by atoms with Gasteiger partial charge in [-0.3, -0.25) is 4.90 Å². The van der Waals surface area contributed by atoms with Gasteiger partial charge in [-0.1, -0.05) is 37.3 Å². The van der Waals surface area contributed by atoms with Gasteiger partial charge >= 0.3 is 0 Å². The molecule has 18 heavy (non-hydrogen) atoms. The normalized spacial score (nSPS) is 22.3. The summed E-state index contributed by atoms with van der Waals surface area (Å²) in [4.78, 5) is 4.66. The second kappa shape index (κ2) is 6.88. The molecular formula is C15H24N2O. The molecule has 1 N–H and O–H groups in total. The average Bonchev–Trinajstić information content (AvgIpc) is 2.41. The highest BCUT2D eigenvalue weighted by Gasteiger charge is 2.18. The molecule has 3 heteroatoms. The Balaban J connectivity index is 1.75. The molecule has 1 fully saturated rings. The first-order chi connectivity index (χ1) is 9.45. The van der Waals surface area contributed by atoms with E-state index in [1.54, 1.807) is 6.92 Å². The van der Waals surface area contributed by atoms with Gasteiger partial charge in [0.15, 0.2) is 0 Å². The van der Waals surface area contributed by atoms with Crippen molar-refractivity contribution in [3.05, 3.63) is 35.9 Å². The lowest BCUT2D eigenvalue weighted by atomic mass is 10.1. The van der Waals surface area contributed by atoms with Crippen LogP contribution in [0.1, 0.15) is 15.2 Å². The molecule has 1 heterocycles. The summed E-state index contributed by atoms with van der Waals surface area (Å²) in [5.41, 5.74) is 1.33. The largest absolute Gasteiger partial charge is 0.396 e. The van der Waals surface area contributed by atoms with E-state index in [1.165, 1.54) is 5.56 Å². The van der Waals surface area contributed by atoms with Gasteiger partial charge in [-0.25, -0.2) is 0 Å². The minimum atomic E-state index is -2.08. The van der Waals surface area contributed by atoms with Crippen LogP contribution in [0.2, 0.25) is 0 Å². The van der Waals surface area contributed by atoms with Crippen LogP contribution in [0.4, 0.5) is 0 Å². The lowest BCUT2D eigenvalue weighted by Gasteiger charge is -2.35. The van der Waals surface area contributed by atoms with Gasteiger partial charge in [0.05, 0.1) is 2.74 Å². The second-order valence-corrected chi connectivity index (χ2v) is 5.09. The van der Waals surface area contributed by atoms with E-state index in [9.17, 15) is 5.11 Å². The van der Waals surface area contributed by atoms with Gasteiger partial charge in [0, 0.05) is 45.8 Å². The zero-order valence-electron chi connectivity index (χ0n) is 13.0. The van der Waals surface area contributed by atoms with Crippen molar-refractivity contribution in [1.82, 2.24) is 9.80 Å². The van der Waals surface area contributed by atoms with Crippen LogP contribution in [0.5, 0.6) is 0 Å². The summed E-state index contributed by atoms with van der Waals surface area (Å²) in [5.74, 6) is -0.358. The van der Waals surface area contributed by atoms with E-state index in [2.05, 4.69) is 34.1 Å². The van der Waals surface area contributed by atoms with Crippen LogP contribution in [-0.2, 0) is 6.54 Å². The number of nitrogens with zero attached hydrogens (tertiary/aromatic N) is 2. The Hall–Kier alpha value is -0.900. The molecule has 0 aromatic heterocycles. The van der Waals surface area contributed by atoms with Crippen LogP contribution in [0.15, 0.2) is 30.3 Å². The third kappa shape index (κ3) is 4.09. The molecule has 100 valence electrons. The summed E-state index contributed by atoms with van der Waals surface area (Å²) < 4.78 is 14.7. The summed E-state index contributed by atoms with van der Waals surface area (Å²) in [5, 5.41) is 9.36. The molecule has 0 radical (unpaired) electrons. The van der Waals surface area contributed by atoms with Crippen LogP contribution >= 0.6 is 0 Å². The van der Waals surface area contributed by atoms with Crippen LogP contribution in [-0.4, -0.2) is 54.2 Å². The number of piperazine rings is 1. The maximum absolute atomic E-state index is 9.36. The van der Waals surface area contributed by atoms with Crippen molar-refractivity contribution in [2.45, 2.75) is 13.5 Å². The lowest BCUT2D eigenvalue weighted by molar-refractivity contribution is 0.101. The molecule has 1 aliphatic heterocycles. The zero-order chi connectivity index (χ0) is 14.6. The molecule has 0 aliphatic carbocycles. The van der Waals surface area contributed by atoms with Gasteiger partial charge in [0.25, 0.3) is 0 Å². The maximum Gasteiger partial charge on any atom is 0.0567 e. The lowest BCUT2D eigenvalue weighted by Crippen LogP contribution is -2.47. The van der Waals surface area contributed by atoms with Crippen molar-refractivity contribution in [2.75, 3.05) is 39.3 Å². The van der Waals surface area contributed by atoms with Gasteiger partial charge in [-0.05, 0) is 11.5 Å². The fourth-order valence-corrected chi connectivity index (χ4v) is 2.40. The molecule has 0 amide bonds. The highest BCUT2D eigenvalue weighted by Crippen LogP contribution is 2.09. The van der Waals surface area contributed by atoms with Gasteiger partial charge < -0.3 is 10.0 Å². The first kappa shape index (κ1) is 11.0. The molecule has 0 unspecified atom stereocenters. The Bertz CT molecular complexity index is 400. The molecule has 1 aromatic carbocycles. The van der Waals surface area contributed by atoms with E-state index in [0.717, 1.165) is 32.7 Å². The molecule has 1 aromatic rings. The topological polar surface area (TPSA) is 26.7 Å². The summed E-state index contributed by atoms with van der Waals surface area (Å²) in [7, 11) is 0. The quantitative estimate of drug-likeness (QED) is 0.856. The van der Waals surface area contributed by atoms with E-state index in [-0.39, 0.29) is 5.92 Å². The number of benzene rings is 1. The van der Waals surface area contributed by atoms with E-state index in [4.69, 9.17) is 2.74 Å². The summed E-state index contributed by atoms with van der Waals surface area (Å²) >= 11 is 0. The van der Waals surface area contributed by atoms with Crippen molar-refractivity contribution in [1.29, 1.82) is 0 Å². The van der Waals surface area contributed by atoms with Crippen molar-refractivity contribution in [3.8, 4) is 0 Å². The van der Waals surface area contributed by atoms with Gasteiger partial charge in [-0.2, -0.15) is 0 Å². The molecule has 0 saturated carbocycles. The molecule has 1 saturated heterocycles. The predicted octanol–water partition coefficient (Wildman–Crippen LogP) is 1.43. The first-order valence-electron chi connectivity index (χ1n) is 7.66. The Kier molecular flexibility index (Phi) is 4.19. The Morgan fingerprint density at radius 1 is 1.17 bits per heavy atom. The van der Waals surface area contributed by atoms with Crippen molar-refractivity contribution in [2.24, 2.45) is 5.92 Å². The maximum atomic E-state index is 9.36. The number of rotatable bonds is 5. The Morgan fingerprint density at radius 2 is 1.78 bits per heavy atom. The third-order valence-electron chi connectivity index (χ3n) is 3.47. The van der Waals surface area contributed by atoms with Crippen LogP contribution in [0.25, 0.3) is 0 Å². The van der Waals surface area contributed by atoms with E-state index in [1.807, 2.05) is 6.07 Å². The van der Waals surface area contributed by atoms with Crippen LogP contribution < -0.4 is 0 Å². The summed E-state index contributed by atoms with van der Waals surface area (Å²) in [6.45, 7) is 5.14. The van der Waals surface area contributed by atoms with Crippen LogP contribution in [0, 0.1) is 5.92 Å². The molecule has 0 bridgehead atoms. The molecule has 1 aliphatic rings. The predicted molar refractivity (Wildman–Crippen MR) is 74.4 cm³/mol. The first-order valence-corrected chi connectivity index (χ1v) is 6.66. The van der Waals surface area contributed by atoms with Gasteiger partial charge in [0.2, 0.25) is 0 Å². The zero-order valence-corrected chi connectivity index (χ0v) is 11.0. The van der Waals surface area contributed by atoms with Gasteiger partial charge in [0.1, 0.15) is 0 Å². The highest BCUT2D eigenvalue weighted by atomic mass is 16.3. The monoisotopic (exact) mass is 250 g/mol. The fraction of sp³-hybridized carbons (Fsp3) is 0.600.